The zero-order chi connectivity index (χ0) is 20.1. The molecule has 0 amide bonds. The summed E-state index contributed by atoms with van der Waals surface area (Å²) in [5.41, 5.74) is 16.9. The summed E-state index contributed by atoms with van der Waals surface area (Å²) in [6, 6.07) is 5.77. The molecule has 0 bridgehead atoms. The fraction of sp³-hybridized carbons (Fsp3) is 0.381. The number of amidine groups is 1. The van der Waals surface area contributed by atoms with Gasteiger partial charge in [-0.05, 0) is 31.4 Å². The van der Waals surface area contributed by atoms with Gasteiger partial charge in [-0.1, -0.05) is 30.6 Å². The molecule has 0 aromatic carbocycles. The quantitative estimate of drug-likeness (QED) is 0.368. The number of likely N-dealkylation sites (N-methyl/N-ethyl adjacent to an activating group) is 1. The molecule has 0 atom stereocenters. The van der Waals surface area contributed by atoms with Crippen molar-refractivity contribution in [2.45, 2.75) is 38.5 Å². The van der Waals surface area contributed by atoms with Crippen molar-refractivity contribution in [2.24, 2.45) is 16.5 Å². The molecule has 7 nitrogen and oxygen atoms in total. The van der Waals surface area contributed by atoms with Gasteiger partial charge < -0.3 is 21.3 Å². The van der Waals surface area contributed by atoms with Gasteiger partial charge in [-0.3, -0.25) is 9.98 Å². The SMILES string of the molecule is CCC/C=C(\NC)C(C(N)=NC)=C(N)c1noc(C2CC2)c1-c1ccccn1. The minimum Gasteiger partial charge on any atom is -0.396 e. The number of pyridine rings is 1. The molecule has 0 unspecified atom stereocenters. The molecule has 2 aromatic heterocycles. The minimum atomic E-state index is 0.345. The van der Waals surface area contributed by atoms with E-state index in [-0.39, 0.29) is 0 Å². The maximum Gasteiger partial charge on any atom is 0.149 e. The fourth-order valence-electron chi connectivity index (χ4n) is 3.14. The molecule has 2 heterocycles. The molecule has 0 saturated heterocycles. The third-order valence-electron chi connectivity index (χ3n) is 4.78. The van der Waals surface area contributed by atoms with E-state index in [2.05, 4.69) is 33.4 Å². The number of aromatic nitrogens is 2. The summed E-state index contributed by atoms with van der Waals surface area (Å²) in [6.45, 7) is 2.12. The first-order chi connectivity index (χ1) is 13.6. The van der Waals surface area contributed by atoms with Crippen LogP contribution < -0.4 is 16.8 Å². The van der Waals surface area contributed by atoms with Crippen LogP contribution in [-0.2, 0) is 0 Å². The van der Waals surface area contributed by atoms with Gasteiger partial charge in [-0.2, -0.15) is 0 Å². The van der Waals surface area contributed by atoms with Crippen LogP contribution in [0.25, 0.3) is 17.0 Å². The van der Waals surface area contributed by atoms with Crippen LogP contribution in [0.15, 0.2) is 51.3 Å². The predicted molar refractivity (Wildman–Crippen MR) is 112 cm³/mol. The van der Waals surface area contributed by atoms with Crippen LogP contribution in [0.4, 0.5) is 0 Å². The van der Waals surface area contributed by atoms with E-state index < -0.39 is 0 Å². The van der Waals surface area contributed by atoms with Crippen LogP contribution in [-0.4, -0.2) is 30.1 Å². The average Bonchev–Trinajstić information content (AvgIpc) is 3.48. The Kier molecular flexibility index (Phi) is 6.13. The number of allylic oxidation sites excluding steroid dienone is 1. The summed E-state index contributed by atoms with van der Waals surface area (Å²) in [5, 5.41) is 7.52. The van der Waals surface area contributed by atoms with Crippen molar-refractivity contribution in [3.63, 3.8) is 0 Å². The van der Waals surface area contributed by atoms with E-state index in [1.54, 1.807) is 13.2 Å². The van der Waals surface area contributed by atoms with Crippen LogP contribution in [0.3, 0.4) is 0 Å². The molecule has 0 radical (unpaired) electrons. The molecule has 1 aliphatic rings. The monoisotopic (exact) mass is 380 g/mol. The number of rotatable bonds is 8. The summed E-state index contributed by atoms with van der Waals surface area (Å²) in [6.07, 6.45) is 7.90. The van der Waals surface area contributed by atoms with Crippen molar-refractivity contribution in [3.05, 3.63) is 53.2 Å². The van der Waals surface area contributed by atoms with Gasteiger partial charge in [0, 0.05) is 31.9 Å². The van der Waals surface area contributed by atoms with Gasteiger partial charge in [-0.15, -0.1) is 0 Å². The number of nitrogens with one attached hydrogen (secondary N) is 1. The van der Waals surface area contributed by atoms with E-state index in [0.717, 1.165) is 48.4 Å². The second kappa shape index (κ2) is 8.73. The van der Waals surface area contributed by atoms with E-state index in [9.17, 15) is 0 Å². The van der Waals surface area contributed by atoms with Crippen molar-refractivity contribution in [2.75, 3.05) is 14.1 Å². The summed E-state index contributed by atoms with van der Waals surface area (Å²) < 4.78 is 5.73. The Morgan fingerprint density at radius 2 is 2.14 bits per heavy atom. The Bertz CT molecular complexity index is 906. The lowest BCUT2D eigenvalue weighted by Crippen LogP contribution is -2.25. The summed E-state index contributed by atoms with van der Waals surface area (Å²) in [5.74, 6) is 1.55. The van der Waals surface area contributed by atoms with Gasteiger partial charge in [0.1, 0.15) is 17.3 Å². The van der Waals surface area contributed by atoms with Crippen molar-refractivity contribution in [1.29, 1.82) is 0 Å². The van der Waals surface area contributed by atoms with Crippen LogP contribution >= 0.6 is 0 Å². The Morgan fingerprint density at radius 1 is 1.36 bits per heavy atom. The van der Waals surface area contributed by atoms with Crippen LogP contribution in [0.5, 0.6) is 0 Å². The molecule has 1 aliphatic carbocycles. The normalized spacial score (nSPS) is 16.1. The first-order valence-electron chi connectivity index (χ1n) is 9.64. The molecule has 0 spiro atoms. The summed E-state index contributed by atoms with van der Waals surface area (Å²) >= 11 is 0. The standard InChI is InChI=1S/C21H28N6O/c1-4-5-8-14(24-2)16(21(23)25-3)18(22)19-17(15-9-6-7-12-26-15)20(28-27-19)13-10-11-13/h6-9,12-13,24H,4-5,10-11,22H2,1-3H3,(H2,23,25)/b14-8-,18-16?. The molecule has 148 valence electrons. The van der Waals surface area contributed by atoms with E-state index in [1.165, 1.54) is 0 Å². The molecule has 7 heteroatoms. The molecule has 1 fully saturated rings. The Balaban J connectivity index is 2.22. The number of nitrogens with two attached hydrogens (primary N) is 2. The van der Waals surface area contributed by atoms with Gasteiger partial charge in [0.25, 0.3) is 0 Å². The number of aliphatic imine (C=N–C) groups is 1. The minimum absolute atomic E-state index is 0.345. The largest absolute Gasteiger partial charge is 0.396 e. The van der Waals surface area contributed by atoms with Gasteiger partial charge in [0.15, 0.2) is 0 Å². The molecule has 0 aliphatic heterocycles. The Labute approximate surface area is 165 Å². The first kappa shape index (κ1) is 19.7. The van der Waals surface area contributed by atoms with Gasteiger partial charge >= 0.3 is 0 Å². The molecule has 5 N–H and O–H groups in total. The summed E-state index contributed by atoms with van der Waals surface area (Å²) in [4.78, 5) is 8.67. The highest BCUT2D eigenvalue weighted by Crippen LogP contribution is 2.46. The van der Waals surface area contributed by atoms with Crippen molar-refractivity contribution in [3.8, 4) is 11.3 Å². The fourth-order valence-corrected chi connectivity index (χ4v) is 3.14. The summed E-state index contributed by atoms with van der Waals surface area (Å²) in [7, 11) is 3.49. The highest BCUT2D eigenvalue weighted by Gasteiger charge is 2.34. The van der Waals surface area contributed by atoms with Gasteiger partial charge in [-0.25, -0.2) is 0 Å². The molecule has 28 heavy (non-hydrogen) atoms. The van der Waals surface area contributed by atoms with Crippen molar-refractivity contribution >= 4 is 11.5 Å². The van der Waals surface area contributed by atoms with Gasteiger partial charge in [0.2, 0.25) is 0 Å². The number of nitrogens with zero attached hydrogens (tertiary/aromatic N) is 3. The van der Waals surface area contributed by atoms with Crippen LogP contribution in [0.1, 0.15) is 50.0 Å². The van der Waals surface area contributed by atoms with Crippen molar-refractivity contribution in [1.82, 2.24) is 15.5 Å². The molecular formula is C21H28N6O. The average molecular weight is 380 g/mol. The second-order valence-electron chi connectivity index (χ2n) is 6.81. The molecular weight excluding hydrogens is 352 g/mol. The van der Waals surface area contributed by atoms with E-state index in [0.29, 0.717) is 28.7 Å². The second-order valence-corrected chi connectivity index (χ2v) is 6.81. The number of unbranched alkanes of at least 4 members (excludes halogenated alkanes) is 1. The lowest BCUT2D eigenvalue weighted by atomic mass is 9.99. The Morgan fingerprint density at radius 3 is 2.71 bits per heavy atom. The third kappa shape index (κ3) is 3.93. The molecule has 2 aromatic rings. The predicted octanol–water partition coefficient (Wildman–Crippen LogP) is 3.17. The topological polar surface area (TPSA) is 115 Å². The zero-order valence-corrected chi connectivity index (χ0v) is 16.7. The van der Waals surface area contributed by atoms with E-state index >= 15 is 0 Å². The highest BCUT2D eigenvalue weighted by atomic mass is 16.5. The molecule has 3 rings (SSSR count). The highest BCUT2D eigenvalue weighted by molar-refractivity contribution is 6.07. The van der Waals surface area contributed by atoms with Crippen LogP contribution in [0, 0.1) is 0 Å². The van der Waals surface area contributed by atoms with Crippen molar-refractivity contribution < 1.29 is 4.52 Å². The first-order valence-corrected chi connectivity index (χ1v) is 9.64. The smallest absolute Gasteiger partial charge is 0.149 e. The maximum absolute atomic E-state index is 6.62. The number of hydrogen-bond donors (Lipinski definition) is 3. The lowest BCUT2D eigenvalue weighted by Gasteiger charge is -2.15. The molecule has 1 saturated carbocycles. The third-order valence-corrected chi connectivity index (χ3v) is 4.78. The lowest BCUT2D eigenvalue weighted by molar-refractivity contribution is 0.383. The van der Waals surface area contributed by atoms with Crippen LogP contribution in [0.2, 0.25) is 0 Å². The zero-order valence-electron chi connectivity index (χ0n) is 16.7. The van der Waals surface area contributed by atoms with E-state index in [4.69, 9.17) is 16.0 Å². The maximum atomic E-state index is 6.62. The van der Waals surface area contributed by atoms with Gasteiger partial charge in [0.05, 0.1) is 22.5 Å². The van der Waals surface area contributed by atoms with E-state index in [1.807, 2.05) is 25.2 Å². The Hall–Kier alpha value is -3.09. The number of hydrogen-bond acceptors (Lipinski definition) is 6.